The number of hydrogen-bond acceptors (Lipinski definition) is 8. The fourth-order valence-corrected chi connectivity index (χ4v) is 3.63. The van der Waals surface area contributed by atoms with Gasteiger partial charge in [0.2, 0.25) is 11.7 Å². The second-order valence-electron chi connectivity index (χ2n) is 7.54. The molecule has 0 spiro atoms. The van der Waals surface area contributed by atoms with Gasteiger partial charge in [0.1, 0.15) is 17.0 Å². The number of fused-ring (bicyclic) bond motifs is 1. The average molecular weight is 462 g/mol. The number of nitro benzene ring substituents is 1. The summed E-state index contributed by atoms with van der Waals surface area (Å²) in [7, 11) is 1.52. The van der Waals surface area contributed by atoms with Crippen LogP contribution < -0.4 is 10.1 Å². The van der Waals surface area contributed by atoms with E-state index in [4.69, 9.17) is 4.74 Å². The summed E-state index contributed by atoms with van der Waals surface area (Å²) in [5.74, 6) is -2.55. The number of Topliss-reactive ketones (excluding diaryl/α,β-unsaturated/α-hetero) is 1. The minimum atomic E-state index is -1.06. The fourth-order valence-electron chi connectivity index (χ4n) is 3.63. The van der Waals surface area contributed by atoms with Crippen molar-refractivity contribution in [3.8, 4) is 5.75 Å². The van der Waals surface area contributed by atoms with Crippen molar-refractivity contribution in [3.05, 3.63) is 87.2 Å². The maximum Gasteiger partial charge on any atom is 0.349 e. The van der Waals surface area contributed by atoms with Crippen molar-refractivity contribution in [3.63, 3.8) is 0 Å². The third-order valence-corrected chi connectivity index (χ3v) is 5.25. The number of hydrogen-bond donors (Lipinski definition) is 1. The number of nitrogens with one attached hydrogen (secondary N) is 1. The molecule has 2 aromatic carbocycles. The number of esters is 1. The van der Waals surface area contributed by atoms with Crippen LogP contribution in [0.25, 0.3) is 6.08 Å². The number of ether oxygens (including phenoxy) is 1. The van der Waals surface area contributed by atoms with Gasteiger partial charge >= 0.3 is 5.97 Å². The van der Waals surface area contributed by atoms with E-state index in [0.29, 0.717) is 5.56 Å². The quantitative estimate of drug-likeness (QED) is 0.181. The van der Waals surface area contributed by atoms with Gasteiger partial charge in [-0.05, 0) is 23.8 Å². The number of amides is 2. The van der Waals surface area contributed by atoms with E-state index in [-0.39, 0.29) is 28.3 Å². The molecular weight excluding hydrogens is 444 g/mol. The summed E-state index contributed by atoms with van der Waals surface area (Å²) in [4.78, 5) is 63.5. The van der Waals surface area contributed by atoms with Crippen molar-refractivity contribution in [2.75, 3.05) is 7.05 Å². The van der Waals surface area contributed by atoms with E-state index < -0.39 is 34.8 Å². The summed E-state index contributed by atoms with van der Waals surface area (Å²) in [6.07, 6.45) is 1.41. The lowest BCUT2D eigenvalue weighted by Crippen LogP contribution is -2.49. The van der Waals surface area contributed by atoms with Crippen LogP contribution in [-0.4, -0.2) is 51.6 Å². The highest BCUT2D eigenvalue weighted by molar-refractivity contribution is 6.27. The third-order valence-electron chi connectivity index (χ3n) is 5.25. The van der Waals surface area contributed by atoms with Crippen LogP contribution in [0.3, 0.4) is 0 Å². The van der Waals surface area contributed by atoms with Crippen molar-refractivity contribution >= 4 is 35.3 Å². The first-order chi connectivity index (χ1) is 16.2. The van der Waals surface area contributed by atoms with Crippen molar-refractivity contribution in [1.29, 1.82) is 0 Å². The zero-order valence-corrected chi connectivity index (χ0v) is 18.1. The predicted octanol–water partition coefficient (Wildman–Crippen LogP) is 1.82. The molecule has 11 heteroatoms. The smallest absolute Gasteiger partial charge is 0.349 e. The molecule has 11 nitrogen and oxygen atoms in total. The number of carbonyl (C=O) groups is 4. The predicted molar refractivity (Wildman–Crippen MR) is 118 cm³/mol. The Kier molecular flexibility index (Phi) is 5.68. The van der Waals surface area contributed by atoms with E-state index in [1.54, 1.807) is 18.2 Å². The van der Waals surface area contributed by atoms with Crippen LogP contribution in [0.5, 0.6) is 5.75 Å². The molecule has 0 bridgehead atoms. The topological polar surface area (TPSA) is 139 Å². The normalized spacial score (nSPS) is 19.9. The number of nitro groups is 1. The van der Waals surface area contributed by atoms with Crippen LogP contribution >= 0.6 is 0 Å². The Hall–Kier alpha value is -4.80. The van der Waals surface area contributed by atoms with E-state index in [0.717, 1.165) is 11.1 Å². The maximum absolute atomic E-state index is 13.3. The standard InChI is InChI=1S/C23H18N4O7/c1-13(28)24-23-25(2)18(11-14-6-5-7-15(10-14)27(32)33)21(30)26(23)12-17-20(29)16-8-3-4-9-19(16)34-22(17)31/h3-12,23H,1-2H3,(H,24,28)/b17-12-,18-11-. The van der Waals surface area contributed by atoms with Gasteiger partial charge in [0.25, 0.3) is 11.6 Å². The second kappa shape index (κ2) is 8.62. The van der Waals surface area contributed by atoms with Gasteiger partial charge in [-0.15, -0.1) is 0 Å². The molecule has 2 aliphatic heterocycles. The van der Waals surface area contributed by atoms with Gasteiger partial charge < -0.3 is 15.0 Å². The Labute approximate surface area is 193 Å². The summed E-state index contributed by atoms with van der Waals surface area (Å²) in [6.45, 7) is 1.25. The highest BCUT2D eigenvalue weighted by Gasteiger charge is 2.41. The Balaban J connectivity index is 1.76. The van der Waals surface area contributed by atoms with Crippen molar-refractivity contribution in [1.82, 2.24) is 15.1 Å². The Bertz CT molecular complexity index is 1310. The molecule has 2 heterocycles. The molecule has 1 saturated heterocycles. The molecule has 2 amide bonds. The molecular formula is C23H18N4O7. The van der Waals surface area contributed by atoms with Crippen LogP contribution in [0.1, 0.15) is 22.8 Å². The van der Waals surface area contributed by atoms with Gasteiger partial charge in [0, 0.05) is 32.3 Å². The highest BCUT2D eigenvalue weighted by atomic mass is 16.6. The molecule has 0 saturated carbocycles. The molecule has 1 unspecified atom stereocenters. The van der Waals surface area contributed by atoms with Crippen LogP contribution in [-0.2, 0) is 14.4 Å². The molecule has 34 heavy (non-hydrogen) atoms. The summed E-state index contributed by atoms with van der Waals surface area (Å²) in [6, 6.07) is 11.9. The van der Waals surface area contributed by atoms with Gasteiger partial charge in [-0.25, -0.2) is 4.79 Å². The van der Waals surface area contributed by atoms with E-state index in [2.05, 4.69) is 5.32 Å². The first-order valence-corrected chi connectivity index (χ1v) is 10.0. The number of likely N-dealkylation sites (N-methyl/N-ethyl adjacent to an activating group) is 1. The van der Waals surface area contributed by atoms with Crippen LogP contribution in [0, 0.1) is 10.1 Å². The van der Waals surface area contributed by atoms with E-state index in [9.17, 15) is 29.3 Å². The number of rotatable bonds is 4. The maximum atomic E-state index is 13.3. The summed E-state index contributed by atoms with van der Waals surface area (Å²) < 4.78 is 5.22. The monoisotopic (exact) mass is 462 g/mol. The number of carbonyl (C=O) groups excluding carboxylic acids is 4. The SMILES string of the molecule is CC(=O)NC1N(/C=C2\C(=O)Oc3ccccc3C2=O)C(=O)/C(=C/c2cccc([N+](=O)[O-])c2)N1C. The minimum Gasteiger partial charge on any atom is -0.422 e. The zero-order chi connectivity index (χ0) is 24.6. The molecule has 2 aliphatic rings. The van der Waals surface area contributed by atoms with Gasteiger partial charge in [0.05, 0.1) is 10.5 Å². The molecule has 1 N–H and O–H groups in total. The molecule has 172 valence electrons. The second-order valence-corrected chi connectivity index (χ2v) is 7.54. The Morgan fingerprint density at radius 1 is 1.15 bits per heavy atom. The number of ketones is 1. The van der Waals surface area contributed by atoms with Crippen molar-refractivity contribution < 1.29 is 28.8 Å². The molecule has 4 rings (SSSR count). The third kappa shape index (κ3) is 4.01. The van der Waals surface area contributed by atoms with Crippen LogP contribution in [0.4, 0.5) is 5.69 Å². The van der Waals surface area contributed by atoms with E-state index >= 15 is 0 Å². The first-order valence-electron chi connectivity index (χ1n) is 10.0. The van der Waals surface area contributed by atoms with Crippen molar-refractivity contribution in [2.45, 2.75) is 13.2 Å². The van der Waals surface area contributed by atoms with E-state index in [1.165, 1.54) is 55.3 Å². The van der Waals surface area contributed by atoms with E-state index in [1.807, 2.05) is 0 Å². The molecule has 0 aromatic heterocycles. The molecule has 1 fully saturated rings. The van der Waals surface area contributed by atoms with Gasteiger partial charge in [-0.3, -0.25) is 29.4 Å². The highest BCUT2D eigenvalue weighted by Crippen LogP contribution is 2.30. The molecule has 1 atom stereocenters. The summed E-state index contributed by atoms with van der Waals surface area (Å²) >= 11 is 0. The average Bonchev–Trinajstić information content (AvgIpc) is 3.00. The lowest BCUT2D eigenvalue weighted by molar-refractivity contribution is -0.384. The number of nitrogens with zero attached hydrogens (tertiary/aromatic N) is 3. The van der Waals surface area contributed by atoms with Crippen LogP contribution in [0.2, 0.25) is 0 Å². The lowest BCUT2D eigenvalue weighted by Gasteiger charge is -2.27. The largest absolute Gasteiger partial charge is 0.422 e. The van der Waals surface area contributed by atoms with Crippen molar-refractivity contribution in [2.24, 2.45) is 0 Å². The minimum absolute atomic E-state index is 0.0770. The fraction of sp³-hybridized carbons (Fsp3) is 0.130. The number of para-hydroxylation sites is 1. The van der Waals surface area contributed by atoms with Gasteiger partial charge in [0.15, 0.2) is 6.29 Å². The first kappa shape index (κ1) is 22.4. The van der Waals surface area contributed by atoms with Gasteiger partial charge in [-0.1, -0.05) is 24.3 Å². The number of non-ortho nitro benzene ring substituents is 1. The van der Waals surface area contributed by atoms with Gasteiger partial charge in [-0.2, -0.15) is 0 Å². The zero-order valence-electron chi connectivity index (χ0n) is 18.1. The summed E-state index contributed by atoms with van der Waals surface area (Å²) in [5.41, 5.74) is 0.0777. The molecule has 0 radical (unpaired) electrons. The molecule has 0 aliphatic carbocycles. The van der Waals surface area contributed by atoms with Crippen LogP contribution in [0.15, 0.2) is 66.0 Å². The Morgan fingerprint density at radius 2 is 1.88 bits per heavy atom. The lowest BCUT2D eigenvalue weighted by atomic mass is 10.0. The summed E-state index contributed by atoms with van der Waals surface area (Å²) in [5, 5.41) is 13.7. The number of benzene rings is 2. The molecule has 2 aromatic rings. The Morgan fingerprint density at radius 3 is 2.59 bits per heavy atom.